The van der Waals surface area contributed by atoms with Gasteiger partial charge in [-0.15, -0.1) is 0 Å². The summed E-state index contributed by atoms with van der Waals surface area (Å²) in [5.41, 5.74) is 6.50. The van der Waals surface area contributed by atoms with E-state index in [1.807, 2.05) is 12.1 Å². The fourth-order valence-electron chi connectivity index (χ4n) is 1.09. The van der Waals surface area contributed by atoms with Gasteiger partial charge in [-0.2, -0.15) is 0 Å². The molecular formula is C17H33NO2. The fraction of sp³-hybridized carbons (Fsp3) is 0.647. The number of nitrogens with two attached hydrogens (primary N) is 1. The zero-order valence-electron chi connectivity index (χ0n) is 13.8. The summed E-state index contributed by atoms with van der Waals surface area (Å²) >= 11 is 0. The average Bonchev–Trinajstić information content (AvgIpc) is 2.32. The van der Waals surface area contributed by atoms with Crippen molar-refractivity contribution in [3.63, 3.8) is 0 Å². The molecule has 0 bridgehead atoms. The number of phenolic OH excluding ortho intramolecular Hbond substituents is 1. The van der Waals surface area contributed by atoms with E-state index < -0.39 is 0 Å². The van der Waals surface area contributed by atoms with Crippen molar-refractivity contribution in [3.05, 3.63) is 29.8 Å². The largest absolute Gasteiger partial charge is 0.508 e. The van der Waals surface area contributed by atoms with Crippen LogP contribution < -0.4 is 5.73 Å². The molecule has 0 saturated heterocycles. The Kier molecular flexibility index (Phi) is 15.2. The van der Waals surface area contributed by atoms with Crippen LogP contribution in [0, 0.1) is 11.8 Å². The zero-order valence-corrected chi connectivity index (χ0v) is 13.8. The number of aliphatic hydroxyl groups is 1. The van der Waals surface area contributed by atoms with Gasteiger partial charge in [0, 0.05) is 6.61 Å². The van der Waals surface area contributed by atoms with Crippen LogP contribution in [0.15, 0.2) is 24.3 Å². The van der Waals surface area contributed by atoms with Gasteiger partial charge in [0.2, 0.25) is 0 Å². The highest BCUT2D eigenvalue weighted by Crippen LogP contribution is 2.09. The van der Waals surface area contributed by atoms with E-state index in [0.717, 1.165) is 18.8 Å². The van der Waals surface area contributed by atoms with Crippen molar-refractivity contribution in [1.82, 2.24) is 0 Å². The molecule has 0 spiro atoms. The summed E-state index contributed by atoms with van der Waals surface area (Å²) < 4.78 is 0. The summed E-state index contributed by atoms with van der Waals surface area (Å²) in [4.78, 5) is 0. The first-order chi connectivity index (χ1) is 9.33. The van der Waals surface area contributed by atoms with E-state index in [2.05, 4.69) is 34.6 Å². The minimum Gasteiger partial charge on any atom is -0.508 e. The number of hydrogen-bond acceptors (Lipinski definition) is 3. The molecule has 0 radical (unpaired) electrons. The predicted molar refractivity (Wildman–Crippen MR) is 87.9 cm³/mol. The molecule has 0 aromatic heterocycles. The first-order valence-corrected chi connectivity index (χ1v) is 7.42. The highest BCUT2D eigenvalue weighted by Gasteiger charge is 1.89. The fourth-order valence-corrected chi connectivity index (χ4v) is 1.09. The van der Waals surface area contributed by atoms with Crippen LogP contribution in [0.5, 0.6) is 5.75 Å². The van der Waals surface area contributed by atoms with Crippen molar-refractivity contribution in [3.8, 4) is 5.75 Å². The number of phenols is 1. The molecule has 0 aliphatic heterocycles. The SMILES string of the molecule is CC(C)C.CC(C)CCO.NCCc1ccc(O)cc1. The van der Waals surface area contributed by atoms with Gasteiger partial charge >= 0.3 is 0 Å². The predicted octanol–water partition coefficient (Wildman–Crippen LogP) is 3.58. The molecule has 0 fully saturated rings. The standard InChI is InChI=1S/C8H11NO.C5H12O.C4H10/c9-6-5-7-1-3-8(10)4-2-7;1-5(2)3-4-6;1-4(2)3/h1-4,10H,5-6,9H2;5-6H,3-4H2,1-2H3;4H,1-3H3. The number of aromatic hydroxyl groups is 1. The molecule has 3 nitrogen and oxygen atoms in total. The maximum absolute atomic E-state index is 8.89. The number of hydrogen-bond donors (Lipinski definition) is 3. The maximum atomic E-state index is 8.89. The Labute approximate surface area is 124 Å². The van der Waals surface area contributed by atoms with Gasteiger partial charge in [-0.25, -0.2) is 0 Å². The molecule has 0 aliphatic carbocycles. The lowest BCUT2D eigenvalue weighted by Gasteiger charge is -1.96. The highest BCUT2D eigenvalue weighted by molar-refractivity contribution is 5.25. The van der Waals surface area contributed by atoms with Crippen LogP contribution in [0.3, 0.4) is 0 Å². The van der Waals surface area contributed by atoms with E-state index >= 15 is 0 Å². The van der Waals surface area contributed by atoms with E-state index in [1.54, 1.807) is 12.1 Å². The van der Waals surface area contributed by atoms with E-state index in [0.29, 0.717) is 24.8 Å². The molecular weight excluding hydrogens is 250 g/mol. The lowest BCUT2D eigenvalue weighted by molar-refractivity contribution is 0.268. The number of rotatable bonds is 4. The minimum atomic E-state index is 0.306. The lowest BCUT2D eigenvalue weighted by atomic mass is 10.1. The molecule has 1 aromatic carbocycles. The van der Waals surface area contributed by atoms with Gasteiger partial charge in [-0.05, 0) is 48.9 Å². The monoisotopic (exact) mass is 283 g/mol. The quantitative estimate of drug-likeness (QED) is 0.791. The van der Waals surface area contributed by atoms with Gasteiger partial charge in [0.25, 0.3) is 0 Å². The summed E-state index contributed by atoms with van der Waals surface area (Å²) in [6.07, 6.45) is 1.81. The molecule has 20 heavy (non-hydrogen) atoms. The van der Waals surface area contributed by atoms with Crippen molar-refractivity contribution < 1.29 is 10.2 Å². The summed E-state index contributed by atoms with van der Waals surface area (Å²) in [6.45, 7) is 11.7. The van der Waals surface area contributed by atoms with Gasteiger partial charge in [-0.1, -0.05) is 46.8 Å². The Balaban J connectivity index is 0. The van der Waals surface area contributed by atoms with Crippen LogP contribution >= 0.6 is 0 Å². The third kappa shape index (κ3) is 19.3. The molecule has 1 aromatic rings. The minimum absolute atomic E-state index is 0.306. The molecule has 118 valence electrons. The second kappa shape index (κ2) is 14.4. The Bertz CT molecular complexity index is 292. The van der Waals surface area contributed by atoms with Crippen molar-refractivity contribution in [2.75, 3.05) is 13.2 Å². The Morgan fingerprint density at radius 3 is 1.70 bits per heavy atom. The normalized spacial score (nSPS) is 9.65. The summed E-state index contributed by atoms with van der Waals surface area (Å²) in [5.74, 6) is 1.79. The van der Waals surface area contributed by atoms with Crippen LogP contribution in [0.1, 0.15) is 46.6 Å². The maximum Gasteiger partial charge on any atom is 0.115 e. The van der Waals surface area contributed by atoms with Crippen molar-refractivity contribution in [2.45, 2.75) is 47.5 Å². The first-order valence-electron chi connectivity index (χ1n) is 7.42. The van der Waals surface area contributed by atoms with Crippen molar-refractivity contribution in [2.24, 2.45) is 17.6 Å². The molecule has 0 amide bonds. The second-order valence-corrected chi connectivity index (χ2v) is 5.84. The third-order valence-electron chi connectivity index (χ3n) is 2.08. The lowest BCUT2D eigenvalue weighted by Crippen LogP contribution is -2.01. The van der Waals surface area contributed by atoms with Gasteiger partial charge in [-0.3, -0.25) is 0 Å². The number of aliphatic hydroxyl groups excluding tert-OH is 1. The van der Waals surface area contributed by atoms with E-state index in [4.69, 9.17) is 15.9 Å². The van der Waals surface area contributed by atoms with Gasteiger partial charge < -0.3 is 15.9 Å². The topological polar surface area (TPSA) is 66.5 Å². The molecule has 0 aliphatic rings. The average molecular weight is 283 g/mol. The van der Waals surface area contributed by atoms with Crippen LogP contribution in [0.2, 0.25) is 0 Å². The second-order valence-electron chi connectivity index (χ2n) is 5.84. The summed E-state index contributed by atoms with van der Waals surface area (Å²) in [6, 6.07) is 7.10. The smallest absolute Gasteiger partial charge is 0.115 e. The Hall–Kier alpha value is -1.06. The van der Waals surface area contributed by atoms with Gasteiger partial charge in [0.05, 0.1) is 0 Å². The van der Waals surface area contributed by atoms with Gasteiger partial charge in [0.1, 0.15) is 5.75 Å². The molecule has 3 heteroatoms. The molecule has 1 rings (SSSR count). The van der Waals surface area contributed by atoms with E-state index in [-0.39, 0.29) is 0 Å². The van der Waals surface area contributed by atoms with Crippen LogP contribution in [-0.4, -0.2) is 23.4 Å². The van der Waals surface area contributed by atoms with Crippen LogP contribution in [0.4, 0.5) is 0 Å². The van der Waals surface area contributed by atoms with Crippen molar-refractivity contribution >= 4 is 0 Å². The molecule has 0 atom stereocenters. The molecule has 0 saturated carbocycles. The highest BCUT2D eigenvalue weighted by atomic mass is 16.3. The first kappa shape index (κ1) is 21.2. The zero-order chi connectivity index (χ0) is 16.0. The summed E-state index contributed by atoms with van der Waals surface area (Å²) in [7, 11) is 0. The molecule has 4 N–H and O–H groups in total. The Morgan fingerprint density at radius 1 is 1.00 bits per heavy atom. The van der Waals surface area contributed by atoms with E-state index in [9.17, 15) is 0 Å². The van der Waals surface area contributed by atoms with E-state index in [1.165, 1.54) is 5.56 Å². The Morgan fingerprint density at radius 2 is 1.45 bits per heavy atom. The third-order valence-corrected chi connectivity index (χ3v) is 2.08. The van der Waals surface area contributed by atoms with Crippen molar-refractivity contribution in [1.29, 1.82) is 0 Å². The van der Waals surface area contributed by atoms with Crippen LogP contribution in [-0.2, 0) is 6.42 Å². The van der Waals surface area contributed by atoms with Crippen LogP contribution in [0.25, 0.3) is 0 Å². The molecule has 0 unspecified atom stereocenters. The number of benzene rings is 1. The molecule has 0 heterocycles. The van der Waals surface area contributed by atoms with Gasteiger partial charge in [0.15, 0.2) is 0 Å². The summed E-state index contributed by atoms with van der Waals surface area (Å²) in [5, 5.41) is 17.1.